The molecule has 2 unspecified atom stereocenters. The average molecular weight is 256 g/mol. The predicted molar refractivity (Wildman–Crippen MR) is 72.9 cm³/mol. The standard InChI is InChI=1S/C14H28N2O2/c1-13(12-16-7-10-17-11-8-16)15-6-5-14-4-2-3-9-18-14/h13-15H,2-12H2,1H3. The maximum atomic E-state index is 5.74. The summed E-state index contributed by atoms with van der Waals surface area (Å²) in [4.78, 5) is 2.48. The van der Waals surface area contributed by atoms with Gasteiger partial charge in [-0.3, -0.25) is 4.90 Å². The van der Waals surface area contributed by atoms with Crippen LogP contribution in [0, 0.1) is 0 Å². The van der Waals surface area contributed by atoms with E-state index >= 15 is 0 Å². The number of hydrogen-bond donors (Lipinski definition) is 1. The predicted octanol–water partition coefficient (Wildman–Crippen LogP) is 1.26. The van der Waals surface area contributed by atoms with Crippen molar-refractivity contribution in [3.8, 4) is 0 Å². The SMILES string of the molecule is CC(CN1CCOCC1)NCCC1CCCCO1. The van der Waals surface area contributed by atoms with Crippen LogP contribution in [-0.4, -0.2) is 63.0 Å². The normalized spacial score (nSPS) is 28.2. The average Bonchev–Trinajstić information content (AvgIpc) is 2.41. The number of morpholine rings is 1. The molecule has 0 saturated carbocycles. The first-order valence-electron chi connectivity index (χ1n) is 7.49. The highest BCUT2D eigenvalue weighted by Crippen LogP contribution is 2.14. The monoisotopic (exact) mass is 256 g/mol. The van der Waals surface area contributed by atoms with Crippen molar-refractivity contribution < 1.29 is 9.47 Å². The van der Waals surface area contributed by atoms with Crippen LogP contribution in [0.5, 0.6) is 0 Å². The minimum absolute atomic E-state index is 0.502. The Morgan fingerprint density at radius 1 is 1.22 bits per heavy atom. The lowest BCUT2D eigenvalue weighted by Crippen LogP contribution is -2.45. The van der Waals surface area contributed by atoms with E-state index in [4.69, 9.17) is 9.47 Å². The highest BCUT2D eigenvalue weighted by molar-refractivity contribution is 4.71. The van der Waals surface area contributed by atoms with Crippen molar-refractivity contribution >= 4 is 0 Å². The van der Waals surface area contributed by atoms with Crippen molar-refractivity contribution in [3.63, 3.8) is 0 Å². The van der Waals surface area contributed by atoms with Gasteiger partial charge in [0.15, 0.2) is 0 Å². The van der Waals surface area contributed by atoms with Gasteiger partial charge in [-0.05, 0) is 39.2 Å². The van der Waals surface area contributed by atoms with Crippen LogP contribution in [0.1, 0.15) is 32.6 Å². The van der Waals surface area contributed by atoms with Gasteiger partial charge in [0.1, 0.15) is 0 Å². The number of rotatable bonds is 6. The summed E-state index contributed by atoms with van der Waals surface area (Å²) in [6, 6.07) is 0.562. The Hall–Kier alpha value is -0.160. The van der Waals surface area contributed by atoms with E-state index in [2.05, 4.69) is 17.1 Å². The summed E-state index contributed by atoms with van der Waals surface area (Å²) >= 11 is 0. The van der Waals surface area contributed by atoms with Crippen LogP contribution in [0.15, 0.2) is 0 Å². The number of nitrogens with one attached hydrogen (secondary N) is 1. The van der Waals surface area contributed by atoms with Crippen molar-refractivity contribution in [1.82, 2.24) is 10.2 Å². The van der Waals surface area contributed by atoms with Crippen LogP contribution >= 0.6 is 0 Å². The van der Waals surface area contributed by atoms with Crippen molar-refractivity contribution in [2.75, 3.05) is 46.0 Å². The Morgan fingerprint density at radius 2 is 2.06 bits per heavy atom. The third-order valence-corrected chi connectivity index (χ3v) is 3.87. The van der Waals surface area contributed by atoms with Crippen molar-refractivity contribution in [1.29, 1.82) is 0 Å². The Kier molecular flexibility index (Phi) is 6.41. The summed E-state index contributed by atoms with van der Waals surface area (Å²) in [6.07, 6.45) is 5.50. The topological polar surface area (TPSA) is 33.7 Å². The lowest BCUT2D eigenvalue weighted by molar-refractivity contribution is 0.0104. The summed E-state index contributed by atoms with van der Waals surface area (Å²) in [5.41, 5.74) is 0. The van der Waals surface area contributed by atoms with Crippen molar-refractivity contribution in [2.24, 2.45) is 0 Å². The molecule has 18 heavy (non-hydrogen) atoms. The van der Waals surface area contributed by atoms with Gasteiger partial charge in [0.25, 0.3) is 0 Å². The van der Waals surface area contributed by atoms with Gasteiger partial charge in [-0.25, -0.2) is 0 Å². The molecule has 2 atom stereocenters. The fourth-order valence-corrected chi connectivity index (χ4v) is 2.76. The van der Waals surface area contributed by atoms with E-state index in [1.54, 1.807) is 0 Å². The summed E-state index contributed by atoms with van der Waals surface area (Å²) in [5, 5.41) is 3.61. The Balaban J connectivity index is 1.52. The van der Waals surface area contributed by atoms with Gasteiger partial charge in [0.05, 0.1) is 19.3 Å². The molecule has 0 radical (unpaired) electrons. The number of nitrogens with zero attached hydrogens (tertiary/aromatic N) is 1. The summed E-state index contributed by atoms with van der Waals surface area (Å²) in [6.45, 7) is 9.40. The molecule has 2 heterocycles. The lowest BCUT2D eigenvalue weighted by atomic mass is 10.1. The van der Waals surface area contributed by atoms with E-state index in [1.165, 1.54) is 19.3 Å². The molecule has 1 N–H and O–H groups in total. The molecular formula is C14H28N2O2. The summed E-state index contributed by atoms with van der Waals surface area (Å²) in [5.74, 6) is 0. The molecule has 4 heteroatoms. The van der Waals surface area contributed by atoms with Crippen LogP contribution in [-0.2, 0) is 9.47 Å². The van der Waals surface area contributed by atoms with Gasteiger partial charge >= 0.3 is 0 Å². The highest BCUT2D eigenvalue weighted by Gasteiger charge is 2.15. The molecule has 2 fully saturated rings. The van der Waals surface area contributed by atoms with E-state index in [0.717, 1.165) is 52.4 Å². The third kappa shape index (κ3) is 5.22. The summed E-state index contributed by atoms with van der Waals surface area (Å²) in [7, 11) is 0. The van der Waals surface area contributed by atoms with E-state index < -0.39 is 0 Å². The zero-order chi connectivity index (χ0) is 12.6. The van der Waals surface area contributed by atoms with E-state index in [0.29, 0.717) is 12.1 Å². The van der Waals surface area contributed by atoms with Crippen LogP contribution in [0.25, 0.3) is 0 Å². The van der Waals surface area contributed by atoms with E-state index in [1.807, 2.05) is 0 Å². The fourth-order valence-electron chi connectivity index (χ4n) is 2.76. The zero-order valence-electron chi connectivity index (χ0n) is 11.7. The minimum atomic E-state index is 0.502. The first-order chi connectivity index (χ1) is 8.84. The molecule has 2 saturated heterocycles. The maximum absolute atomic E-state index is 5.74. The smallest absolute Gasteiger partial charge is 0.0594 e. The molecule has 2 rings (SSSR count). The highest BCUT2D eigenvalue weighted by atomic mass is 16.5. The molecule has 0 bridgehead atoms. The molecule has 0 amide bonds. The van der Waals surface area contributed by atoms with Crippen LogP contribution in [0.4, 0.5) is 0 Å². The van der Waals surface area contributed by atoms with Crippen LogP contribution in [0.3, 0.4) is 0 Å². The maximum Gasteiger partial charge on any atom is 0.0594 e. The first-order valence-corrected chi connectivity index (χ1v) is 7.49. The Morgan fingerprint density at radius 3 is 2.78 bits per heavy atom. The molecule has 0 aromatic rings. The van der Waals surface area contributed by atoms with Crippen LogP contribution in [0.2, 0.25) is 0 Å². The second-order valence-electron chi connectivity index (χ2n) is 5.55. The van der Waals surface area contributed by atoms with Gasteiger partial charge in [0, 0.05) is 32.3 Å². The number of hydrogen-bond acceptors (Lipinski definition) is 4. The second-order valence-corrected chi connectivity index (χ2v) is 5.55. The van der Waals surface area contributed by atoms with Gasteiger partial charge in [-0.2, -0.15) is 0 Å². The molecule has 2 aliphatic rings. The molecule has 0 aromatic heterocycles. The Bertz CT molecular complexity index is 214. The first kappa shape index (κ1) is 14.3. The van der Waals surface area contributed by atoms with E-state index in [9.17, 15) is 0 Å². The van der Waals surface area contributed by atoms with Crippen molar-refractivity contribution in [3.05, 3.63) is 0 Å². The third-order valence-electron chi connectivity index (χ3n) is 3.87. The van der Waals surface area contributed by atoms with Gasteiger partial charge < -0.3 is 14.8 Å². The molecule has 0 aliphatic carbocycles. The van der Waals surface area contributed by atoms with Crippen molar-refractivity contribution in [2.45, 2.75) is 44.8 Å². The van der Waals surface area contributed by atoms with Gasteiger partial charge in [-0.15, -0.1) is 0 Å². The van der Waals surface area contributed by atoms with Gasteiger partial charge in [0.2, 0.25) is 0 Å². The van der Waals surface area contributed by atoms with Gasteiger partial charge in [-0.1, -0.05) is 0 Å². The largest absolute Gasteiger partial charge is 0.379 e. The lowest BCUT2D eigenvalue weighted by Gasteiger charge is -2.30. The molecule has 106 valence electrons. The molecule has 0 aromatic carbocycles. The number of ether oxygens (including phenoxy) is 2. The Labute approximate surface area is 111 Å². The van der Waals surface area contributed by atoms with E-state index in [-0.39, 0.29) is 0 Å². The van der Waals surface area contributed by atoms with Crippen LogP contribution < -0.4 is 5.32 Å². The summed E-state index contributed by atoms with van der Waals surface area (Å²) < 4.78 is 11.1. The second kappa shape index (κ2) is 8.10. The molecule has 0 spiro atoms. The fraction of sp³-hybridized carbons (Fsp3) is 1.00. The quantitative estimate of drug-likeness (QED) is 0.775. The molecular weight excluding hydrogens is 228 g/mol. The zero-order valence-corrected chi connectivity index (χ0v) is 11.7. The molecule has 4 nitrogen and oxygen atoms in total. The minimum Gasteiger partial charge on any atom is -0.379 e. The molecule has 2 aliphatic heterocycles.